The fraction of sp³-hybridized carbons (Fsp3) is 0.615. The number of hydrogen-bond donors (Lipinski definition) is 1. The summed E-state index contributed by atoms with van der Waals surface area (Å²) in [6, 6.07) is 3.86. The molecule has 1 aromatic rings. The molecule has 1 saturated carbocycles. The van der Waals surface area contributed by atoms with Crippen molar-refractivity contribution >= 4 is 5.91 Å². The number of aryl methyl sites for hydroxylation is 1. The number of amides is 1. The maximum absolute atomic E-state index is 11.9. The first-order chi connectivity index (χ1) is 7.66. The van der Waals surface area contributed by atoms with E-state index in [2.05, 4.69) is 12.2 Å². The van der Waals surface area contributed by atoms with Crippen LogP contribution in [0, 0.1) is 12.8 Å². The normalized spacial score (nSPS) is 25.4. The van der Waals surface area contributed by atoms with Crippen LogP contribution in [0.5, 0.6) is 0 Å². The highest BCUT2D eigenvalue weighted by Gasteiger charge is 2.24. The Morgan fingerprint density at radius 1 is 1.38 bits per heavy atom. The van der Waals surface area contributed by atoms with E-state index in [1.807, 2.05) is 13.0 Å². The summed E-state index contributed by atoms with van der Waals surface area (Å²) in [5.74, 6) is 1.71. The van der Waals surface area contributed by atoms with Crippen LogP contribution in [0.1, 0.15) is 48.9 Å². The number of hydrogen-bond acceptors (Lipinski definition) is 2. The summed E-state index contributed by atoms with van der Waals surface area (Å²) < 4.78 is 5.31. The molecule has 1 aliphatic carbocycles. The third-order valence-electron chi connectivity index (χ3n) is 3.39. The van der Waals surface area contributed by atoms with Crippen LogP contribution in [0.4, 0.5) is 0 Å². The van der Waals surface area contributed by atoms with Gasteiger partial charge in [0.15, 0.2) is 5.76 Å². The maximum atomic E-state index is 11.9. The number of furan rings is 1. The highest BCUT2D eigenvalue weighted by molar-refractivity contribution is 5.91. The molecule has 88 valence electrons. The van der Waals surface area contributed by atoms with Gasteiger partial charge >= 0.3 is 0 Å². The van der Waals surface area contributed by atoms with Crippen LogP contribution < -0.4 is 5.32 Å². The summed E-state index contributed by atoms with van der Waals surface area (Å²) in [7, 11) is 0. The van der Waals surface area contributed by atoms with Crippen molar-refractivity contribution in [2.75, 3.05) is 0 Å². The van der Waals surface area contributed by atoms with E-state index in [9.17, 15) is 4.79 Å². The Bertz CT molecular complexity index is 370. The number of nitrogens with one attached hydrogen (secondary N) is 1. The van der Waals surface area contributed by atoms with Crippen LogP contribution >= 0.6 is 0 Å². The van der Waals surface area contributed by atoms with E-state index in [4.69, 9.17) is 4.42 Å². The highest BCUT2D eigenvalue weighted by Crippen LogP contribution is 2.24. The lowest BCUT2D eigenvalue weighted by Gasteiger charge is -2.29. The smallest absolute Gasteiger partial charge is 0.287 e. The molecular formula is C13H19NO2. The van der Waals surface area contributed by atoms with Gasteiger partial charge in [0.1, 0.15) is 5.76 Å². The lowest BCUT2D eigenvalue weighted by Crippen LogP contribution is -2.40. The Morgan fingerprint density at radius 3 is 2.75 bits per heavy atom. The molecule has 3 heteroatoms. The minimum Gasteiger partial charge on any atom is -0.456 e. The first kappa shape index (κ1) is 11.2. The van der Waals surface area contributed by atoms with E-state index >= 15 is 0 Å². The molecule has 0 aromatic carbocycles. The fourth-order valence-electron chi connectivity index (χ4n) is 2.33. The second-order valence-electron chi connectivity index (χ2n) is 4.75. The molecule has 0 aliphatic heterocycles. The van der Waals surface area contributed by atoms with Gasteiger partial charge in [-0.15, -0.1) is 0 Å². The van der Waals surface area contributed by atoms with Crippen molar-refractivity contribution in [2.24, 2.45) is 5.92 Å². The second kappa shape index (κ2) is 4.73. The number of rotatable bonds is 2. The molecule has 1 amide bonds. The zero-order valence-corrected chi connectivity index (χ0v) is 9.95. The van der Waals surface area contributed by atoms with Crippen molar-refractivity contribution in [1.29, 1.82) is 0 Å². The van der Waals surface area contributed by atoms with Gasteiger partial charge in [-0.25, -0.2) is 0 Å². The summed E-state index contributed by atoms with van der Waals surface area (Å²) in [5, 5.41) is 3.07. The van der Waals surface area contributed by atoms with Crippen LogP contribution in [0.25, 0.3) is 0 Å². The summed E-state index contributed by atoms with van der Waals surface area (Å²) in [4.78, 5) is 11.9. The summed E-state index contributed by atoms with van der Waals surface area (Å²) in [6.45, 7) is 4.05. The summed E-state index contributed by atoms with van der Waals surface area (Å²) in [5.41, 5.74) is 0. The lowest BCUT2D eigenvalue weighted by molar-refractivity contribution is 0.0880. The zero-order valence-electron chi connectivity index (χ0n) is 9.95. The Balaban J connectivity index is 1.96. The lowest BCUT2D eigenvalue weighted by atomic mass is 9.86. The summed E-state index contributed by atoms with van der Waals surface area (Å²) in [6.07, 6.45) is 4.80. The molecule has 1 N–H and O–H groups in total. The van der Waals surface area contributed by atoms with E-state index in [-0.39, 0.29) is 5.91 Å². The maximum Gasteiger partial charge on any atom is 0.287 e. The van der Waals surface area contributed by atoms with Crippen LogP contribution in [0.2, 0.25) is 0 Å². The van der Waals surface area contributed by atoms with Crippen molar-refractivity contribution < 1.29 is 9.21 Å². The third-order valence-corrected chi connectivity index (χ3v) is 3.39. The van der Waals surface area contributed by atoms with Gasteiger partial charge in [-0.2, -0.15) is 0 Å². The van der Waals surface area contributed by atoms with Crippen LogP contribution in [0.3, 0.4) is 0 Å². The molecular weight excluding hydrogens is 202 g/mol. The zero-order chi connectivity index (χ0) is 11.5. The molecule has 2 atom stereocenters. The van der Waals surface area contributed by atoms with Gasteiger partial charge in [0.25, 0.3) is 5.91 Å². The van der Waals surface area contributed by atoms with Gasteiger partial charge in [0, 0.05) is 6.04 Å². The van der Waals surface area contributed by atoms with Gasteiger partial charge < -0.3 is 9.73 Å². The van der Waals surface area contributed by atoms with E-state index in [1.54, 1.807) is 6.07 Å². The Kier molecular flexibility index (Phi) is 3.32. The third kappa shape index (κ3) is 2.46. The minimum absolute atomic E-state index is 0.0770. The quantitative estimate of drug-likeness (QED) is 0.834. The monoisotopic (exact) mass is 221 g/mol. The van der Waals surface area contributed by atoms with Gasteiger partial charge in [-0.1, -0.05) is 19.8 Å². The van der Waals surface area contributed by atoms with E-state index in [0.717, 1.165) is 12.2 Å². The molecule has 2 rings (SSSR count). The summed E-state index contributed by atoms with van der Waals surface area (Å²) >= 11 is 0. The van der Waals surface area contributed by atoms with E-state index in [1.165, 1.54) is 19.3 Å². The average Bonchev–Trinajstić information content (AvgIpc) is 2.68. The number of carbonyl (C=O) groups is 1. The molecule has 1 aromatic heterocycles. The predicted octanol–water partition coefficient (Wildman–Crippen LogP) is 2.90. The second-order valence-corrected chi connectivity index (χ2v) is 4.75. The standard InChI is InChI=1S/C13H19NO2/c1-9-5-3-4-6-11(9)14-13(15)12-8-7-10(2)16-12/h7-9,11H,3-6H2,1-2H3,(H,14,15). The average molecular weight is 221 g/mol. The Morgan fingerprint density at radius 2 is 2.12 bits per heavy atom. The first-order valence-corrected chi connectivity index (χ1v) is 6.04. The number of carbonyl (C=O) groups excluding carboxylic acids is 1. The predicted molar refractivity (Wildman–Crippen MR) is 62.3 cm³/mol. The molecule has 1 heterocycles. The van der Waals surface area contributed by atoms with Gasteiger partial charge in [-0.05, 0) is 37.8 Å². The van der Waals surface area contributed by atoms with Crippen molar-refractivity contribution in [2.45, 2.75) is 45.6 Å². The molecule has 0 spiro atoms. The highest BCUT2D eigenvalue weighted by atomic mass is 16.3. The van der Waals surface area contributed by atoms with Gasteiger partial charge in [-0.3, -0.25) is 4.79 Å². The molecule has 0 bridgehead atoms. The van der Waals surface area contributed by atoms with E-state index in [0.29, 0.717) is 17.7 Å². The van der Waals surface area contributed by atoms with Crippen molar-refractivity contribution in [3.63, 3.8) is 0 Å². The molecule has 16 heavy (non-hydrogen) atoms. The molecule has 2 unspecified atom stereocenters. The largest absolute Gasteiger partial charge is 0.456 e. The van der Waals surface area contributed by atoms with Gasteiger partial charge in [0.05, 0.1) is 0 Å². The van der Waals surface area contributed by atoms with Crippen LogP contribution in [-0.2, 0) is 0 Å². The van der Waals surface area contributed by atoms with Crippen LogP contribution in [-0.4, -0.2) is 11.9 Å². The van der Waals surface area contributed by atoms with Crippen molar-refractivity contribution in [3.8, 4) is 0 Å². The molecule has 0 radical (unpaired) electrons. The van der Waals surface area contributed by atoms with Crippen molar-refractivity contribution in [1.82, 2.24) is 5.32 Å². The SMILES string of the molecule is Cc1ccc(C(=O)NC2CCCCC2C)o1. The molecule has 1 fully saturated rings. The van der Waals surface area contributed by atoms with Crippen LogP contribution in [0.15, 0.2) is 16.5 Å². The fourth-order valence-corrected chi connectivity index (χ4v) is 2.33. The minimum atomic E-state index is -0.0770. The van der Waals surface area contributed by atoms with Gasteiger partial charge in [0.2, 0.25) is 0 Å². The van der Waals surface area contributed by atoms with E-state index < -0.39 is 0 Å². The Hall–Kier alpha value is -1.25. The molecule has 0 saturated heterocycles. The molecule has 1 aliphatic rings. The Labute approximate surface area is 96.2 Å². The van der Waals surface area contributed by atoms with Crippen molar-refractivity contribution in [3.05, 3.63) is 23.7 Å². The molecule has 3 nitrogen and oxygen atoms in total. The first-order valence-electron chi connectivity index (χ1n) is 6.04. The topological polar surface area (TPSA) is 42.2 Å².